The lowest BCUT2D eigenvalue weighted by molar-refractivity contribution is 0.631. The first-order valence-electron chi connectivity index (χ1n) is 7.59. The minimum absolute atomic E-state index is 0.229. The van der Waals surface area contributed by atoms with Gasteiger partial charge in [-0.15, -0.1) is 5.10 Å². The molecule has 0 saturated heterocycles. The molecular formula is C18H18FN5. The molecule has 0 aliphatic heterocycles. The average Bonchev–Trinajstić information content (AvgIpc) is 2.53. The molecule has 1 heterocycles. The number of hydrogen-bond acceptors (Lipinski definition) is 5. The van der Waals surface area contributed by atoms with E-state index in [0.717, 1.165) is 16.8 Å². The summed E-state index contributed by atoms with van der Waals surface area (Å²) >= 11 is 0. The van der Waals surface area contributed by atoms with Crippen LogP contribution in [-0.2, 0) is 0 Å². The molecule has 1 aromatic heterocycles. The van der Waals surface area contributed by atoms with Crippen LogP contribution in [-0.4, -0.2) is 15.2 Å². The standard InChI is InChI=1S/C18H18FN5/c1-11-8-12(2)17(13(3)9-11)22-16-10-20-24-18(23-16)21-15-7-5-4-6-14(15)19/h4-10H,1-3H3,(H2,21,22,23,24). The molecule has 3 aromatic rings. The summed E-state index contributed by atoms with van der Waals surface area (Å²) in [5.41, 5.74) is 4.74. The Morgan fingerprint density at radius 1 is 0.958 bits per heavy atom. The predicted octanol–water partition coefficient (Wildman–Crippen LogP) is 4.42. The molecule has 0 aliphatic carbocycles. The van der Waals surface area contributed by atoms with Crippen molar-refractivity contribution in [1.82, 2.24) is 15.2 Å². The van der Waals surface area contributed by atoms with Gasteiger partial charge in [0.25, 0.3) is 0 Å². The van der Waals surface area contributed by atoms with Gasteiger partial charge in [-0.3, -0.25) is 0 Å². The molecule has 2 N–H and O–H groups in total. The molecule has 0 radical (unpaired) electrons. The maximum absolute atomic E-state index is 13.7. The molecule has 122 valence electrons. The second-order valence-electron chi connectivity index (χ2n) is 5.67. The Bertz CT molecular complexity index is 856. The minimum Gasteiger partial charge on any atom is -0.338 e. The average molecular weight is 323 g/mol. The van der Waals surface area contributed by atoms with E-state index in [4.69, 9.17) is 0 Å². The van der Waals surface area contributed by atoms with Gasteiger partial charge in [0, 0.05) is 5.69 Å². The zero-order valence-corrected chi connectivity index (χ0v) is 13.8. The lowest BCUT2D eigenvalue weighted by Crippen LogP contribution is -2.04. The second kappa shape index (κ2) is 6.62. The molecule has 3 rings (SSSR count). The number of benzene rings is 2. The maximum Gasteiger partial charge on any atom is 0.249 e. The van der Waals surface area contributed by atoms with Gasteiger partial charge < -0.3 is 10.6 Å². The van der Waals surface area contributed by atoms with Crippen LogP contribution in [0.1, 0.15) is 16.7 Å². The zero-order chi connectivity index (χ0) is 17.1. The first-order chi connectivity index (χ1) is 11.5. The van der Waals surface area contributed by atoms with E-state index < -0.39 is 0 Å². The summed E-state index contributed by atoms with van der Waals surface area (Å²) in [5.74, 6) is 0.399. The Kier molecular flexibility index (Phi) is 4.37. The number of hydrogen-bond donors (Lipinski definition) is 2. The molecule has 6 heteroatoms. The van der Waals surface area contributed by atoms with Crippen molar-refractivity contribution in [3.8, 4) is 0 Å². The number of rotatable bonds is 4. The molecule has 0 saturated carbocycles. The summed E-state index contributed by atoms with van der Waals surface area (Å²) in [6.45, 7) is 6.14. The van der Waals surface area contributed by atoms with Crippen molar-refractivity contribution < 1.29 is 4.39 Å². The van der Waals surface area contributed by atoms with Crippen LogP contribution < -0.4 is 10.6 Å². The highest BCUT2D eigenvalue weighted by atomic mass is 19.1. The summed E-state index contributed by atoms with van der Waals surface area (Å²) in [6.07, 6.45) is 1.53. The number of nitrogens with one attached hydrogen (secondary N) is 2. The fourth-order valence-electron chi connectivity index (χ4n) is 2.61. The highest BCUT2D eigenvalue weighted by Gasteiger charge is 2.08. The van der Waals surface area contributed by atoms with E-state index in [2.05, 4.69) is 44.9 Å². The van der Waals surface area contributed by atoms with E-state index in [1.54, 1.807) is 18.2 Å². The molecule has 0 fully saturated rings. The number of halogens is 1. The van der Waals surface area contributed by atoms with Gasteiger partial charge in [0.05, 0.1) is 11.9 Å². The van der Waals surface area contributed by atoms with Gasteiger partial charge in [-0.05, 0) is 44.0 Å². The van der Waals surface area contributed by atoms with Crippen molar-refractivity contribution in [2.75, 3.05) is 10.6 Å². The van der Waals surface area contributed by atoms with Gasteiger partial charge in [-0.25, -0.2) is 4.39 Å². The van der Waals surface area contributed by atoms with Gasteiger partial charge in [0.15, 0.2) is 5.82 Å². The number of aromatic nitrogens is 3. The van der Waals surface area contributed by atoms with E-state index in [1.807, 2.05) is 13.8 Å². The highest BCUT2D eigenvalue weighted by molar-refractivity contribution is 5.65. The van der Waals surface area contributed by atoms with Crippen molar-refractivity contribution >= 4 is 23.1 Å². The number of aryl methyl sites for hydroxylation is 3. The summed E-state index contributed by atoms with van der Waals surface area (Å²) in [7, 11) is 0. The first-order valence-corrected chi connectivity index (χ1v) is 7.59. The van der Waals surface area contributed by atoms with Crippen molar-refractivity contribution in [3.05, 3.63) is 65.1 Å². The van der Waals surface area contributed by atoms with Crippen LogP contribution >= 0.6 is 0 Å². The van der Waals surface area contributed by atoms with Crippen LogP contribution in [0.3, 0.4) is 0 Å². The third kappa shape index (κ3) is 3.48. The van der Waals surface area contributed by atoms with Crippen molar-refractivity contribution in [3.63, 3.8) is 0 Å². The molecule has 2 aromatic carbocycles. The quantitative estimate of drug-likeness (QED) is 0.744. The molecule has 0 bridgehead atoms. The van der Waals surface area contributed by atoms with E-state index in [9.17, 15) is 4.39 Å². The lowest BCUT2D eigenvalue weighted by Gasteiger charge is -2.13. The van der Waals surface area contributed by atoms with Crippen LogP contribution in [0, 0.1) is 26.6 Å². The van der Waals surface area contributed by atoms with Gasteiger partial charge in [-0.1, -0.05) is 29.8 Å². The van der Waals surface area contributed by atoms with Crippen molar-refractivity contribution in [2.45, 2.75) is 20.8 Å². The monoisotopic (exact) mass is 323 g/mol. The van der Waals surface area contributed by atoms with Gasteiger partial charge in [-0.2, -0.15) is 10.1 Å². The summed E-state index contributed by atoms with van der Waals surface area (Å²) in [5, 5.41) is 13.9. The fraction of sp³-hybridized carbons (Fsp3) is 0.167. The Labute approximate surface area is 140 Å². The van der Waals surface area contributed by atoms with Gasteiger partial charge in [0.2, 0.25) is 5.95 Å². The van der Waals surface area contributed by atoms with Gasteiger partial charge >= 0.3 is 0 Å². The molecular weight excluding hydrogens is 305 g/mol. The van der Waals surface area contributed by atoms with E-state index >= 15 is 0 Å². The topological polar surface area (TPSA) is 62.7 Å². The smallest absolute Gasteiger partial charge is 0.249 e. The van der Waals surface area contributed by atoms with Crippen LogP contribution in [0.5, 0.6) is 0 Å². The third-order valence-electron chi connectivity index (χ3n) is 3.61. The van der Waals surface area contributed by atoms with Crippen molar-refractivity contribution in [2.24, 2.45) is 0 Å². The van der Waals surface area contributed by atoms with E-state index in [-0.39, 0.29) is 11.8 Å². The predicted molar refractivity (Wildman–Crippen MR) is 93.4 cm³/mol. The summed E-state index contributed by atoms with van der Waals surface area (Å²) in [4.78, 5) is 4.35. The second-order valence-corrected chi connectivity index (χ2v) is 5.67. The molecule has 24 heavy (non-hydrogen) atoms. The van der Waals surface area contributed by atoms with E-state index in [0.29, 0.717) is 11.5 Å². The normalized spacial score (nSPS) is 10.5. The lowest BCUT2D eigenvalue weighted by atomic mass is 10.1. The highest BCUT2D eigenvalue weighted by Crippen LogP contribution is 2.25. The van der Waals surface area contributed by atoms with Crippen LogP contribution in [0.25, 0.3) is 0 Å². The van der Waals surface area contributed by atoms with Crippen molar-refractivity contribution in [1.29, 1.82) is 0 Å². The molecule has 0 aliphatic rings. The van der Waals surface area contributed by atoms with Gasteiger partial charge in [0.1, 0.15) is 5.82 Å². The SMILES string of the molecule is Cc1cc(C)c(Nc2cnnc(Nc3ccccc3F)n2)c(C)c1. The third-order valence-corrected chi connectivity index (χ3v) is 3.61. The number of nitrogens with zero attached hydrogens (tertiary/aromatic N) is 3. The van der Waals surface area contributed by atoms with Crippen LogP contribution in [0.4, 0.5) is 27.5 Å². The Hall–Kier alpha value is -3.02. The zero-order valence-electron chi connectivity index (χ0n) is 13.8. The molecule has 5 nitrogen and oxygen atoms in total. The fourth-order valence-corrected chi connectivity index (χ4v) is 2.61. The maximum atomic E-state index is 13.7. The molecule has 0 unspecified atom stereocenters. The van der Waals surface area contributed by atoms with E-state index in [1.165, 1.54) is 17.8 Å². The minimum atomic E-state index is -0.371. The molecule has 0 spiro atoms. The number of para-hydroxylation sites is 1. The van der Waals surface area contributed by atoms with Crippen LogP contribution in [0.2, 0.25) is 0 Å². The summed E-state index contributed by atoms with van der Waals surface area (Å²) < 4.78 is 13.7. The molecule has 0 atom stereocenters. The first kappa shape index (κ1) is 15.9. The van der Waals surface area contributed by atoms with Crippen LogP contribution in [0.15, 0.2) is 42.6 Å². The Morgan fingerprint density at radius 2 is 1.67 bits per heavy atom. The largest absolute Gasteiger partial charge is 0.338 e. The number of anilines is 4. The Morgan fingerprint density at radius 3 is 2.38 bits per heavy atom. The Balaban J connectivity index is 1.85. The molecule has 0 amide bonds. The summed E-state index contributed by atoms with van der Waals surface area (Å²) in [6, 6.07) is 10.6.